The van der Waals surface area contributed by atoms with Crippen molar-refractivity contribution in [2.75, 3.05) is 25.0 Å². The molecule has 0 aliphatic carbocycles. The maximum absolute atomic E-state index is 3.69. The predicted molar refractivity (Wildman–Crippen MR) is 82.9 cm³/mol. The van der Waals surface area contributed by atoms with Crippen molar-refractivity contribution in [1.82, 2.24) is 4.90 Å². The number of nitrogens with zero attached hydrogens (tertiary/aromatic N) is 1. The zero-order chi connectivity index (χ0) is 13.6. The van der Waals surface area contributed by atoms with Gasteiger partial charge in [0.25, 0.3) is 0 Å². The van der Waals surface area contributed by atoms with Crippen molar-refractivity contribution >= 4 is 15.9 Å². The highest BCUT2D eigenvalue weighted by Gasteiger charge is 2.26. The summed E-state index contributed by atoms with van der Waals surface area (Å²) < 4.78 is 0. The van der Waals surface area contributed by atoms with Gasteiger partial charge in [0.05, 0.1) is 0 Å². The standard InChI is InChI=1S/C15H32BrN/c1-12(2)9-17(10-13(3)4)11-14(8-16)15(5,6)7/h12-14H,8-11H2,1-7H3. The predicted octanol–water partition coefficient (Wildman–Crippen LogP) is 4.66. The summed E-state index contributed by atoms with van der Waals surface area (Å²) in [6.07, 6.45) is 0. The van der Waals surface area contributed by atoms with Crippen molar-refractivity contribution in [2.45, 2.75) is 48.5 Å². The fourth-order valence-corrected chi connectivity index (χ4v) is 3.30. The molecule has 0 aromatic heterocycles. The minimum atomic E-state index is 0.385. The van der Waals surface area contributed by atoms with Crippen LogP contribution in [-0.4, -0.2) is 29.9 Å². The average Bonchev–Trinajstić information content (AvgIpc) is 2.09. The van der Waals surface area contributed by atoms with Gasteiger partial charge in [0.15, 0.2) is 0 Å². The van der Waals surface area contributed by atoms with Gasteiger partial charge in [-0.1, -0.05) is 64.4 Å². The van der Waals surface area contributed by atoms with Gasteiger partial charge in [-0.2, -0.15) is 0 Å². The second-order valence-corrected chi connectivity index (χ2v) is 7.87. The molecule has 0 aliphatic heterocycles. The van der Waals surface area contributed by atoms with Gasteiger partial charge in [0.2, 0.25) is 0 Å². The third-order valence-corrected chi connectivity index (χ3v) is 3.92. The summed E-state index contributed by atoms with van der Waals surface area (Å²) in [5.74, 6) is 2.23. The Labute approximate surface area is 117 Å². The Morgan fingerprint density at radius 2 is 1.29 bits per heavy atom. The van der Waals surface area contributed by atoms with Gasteiger partial charge in [-0.25, -0.2) is 0 Å². The van der Waals surface area contributed by atoms with Crippen LogP contribution >= 0.6 is 15.9 Å². The Kier molecular flexibility index (Phi) is 7.98. The molecule has 0 aromatic carbocycles. The van der Waals surface area contributed by atoms with Crippen LogP contribution in [-0.2, 0) is 0 Å². The lowest BCUT2D eigenvalue weighted by Gasteiger charge is -2.36. The van der Waals surface area contributed by atoms with E-state index in [2.05, 4.69) is 69.3 Å². The molecule has 0 heterocycles. The van der Waals surface area contributed by atoms with E-state index in [0.29, 0.717) is 5.41 Å². The molecule has 0 amide bonds. The lowest BCUT2D eigenvalue weighted by Crippen LogP contribution is -2.40. The molecule has 1 nitrogen and oxygen atoms in total. The maximum Gasteiger partial charge on any atom is 0.00768 e. The SMILES string of the molecule is CC(C)CN(CC(C)C)CC(CBr)C(C)(C)C. The summed E-state index contributed by atoms with van der Waals surface area (Å²) >= 11 is 3.69. The average molecular weight is 306 g/mol. The summed E-state index contributed by atoms with van der Waals surface area (Å²) in [6, 6.07) is 0. The van der Waals surface area contributed by atoms with Crippen LogP contribution in [0.15, 0.2) is 0 Å². The van der Waals surface area contributed by atoms with E-state index < -0.39 is 0 Å². The molecule has 1 atom stereocenters. The van der Waals surface area contributed by atoms with Gasteiger partial charge in [-0.3, -0.25) is 0 Å². The second-order valence-electron chi connectivity index (χ2n) is 7.22. The smallest absolute Gasteiger partial charge is 0.00768 e. The van der Waals surface area contributed by atoms with Crippen LogP contribution in [0.3, 0.4) is 0 Å². The first-order chi connectivity index (χ1) is 7.66. The highest BCUT2D eigenvalue weighted by Crippen LogP contribution is 2.28. The lowest BCUT2D eigenvalue weighted by atomic mass is 9.81. The van der Waals surface area contributed by atoms with Crippen molar-refractivity contribution in [2.24, 2.45) is 23.2 Å². The van der Waals surface area contributed by atoms with Crippen molar-refractivity contribution in [3.8, 4) is 0 Å². The molecule has 0 radical (unpaired) electrons. The molecule has 0 saturated carbocycles. The van der Waals surface area contributed by atoms with Crippen LogP contribution in [0.25, 0.3) is 0 Å². The number of rotatable bonds is 7. The van der Waals surface area contributed by atoms with E-state index in [0.717, 1.165) is 23.1 Å². The summed E-state index contributed by atoms with van der Waals surface area (Å²) in [6.45, 7) is 20.0. The van der Waals surface area contributed by atoms with Crippen LogP contribution in [0, 0.1) is 23.2 Å². The zero-order valence-electron chi connectivity index (χ0n) is 12.9. The van der Waals surface area contributed by atoms with Crippen LogP contribution in [0.5, 0.6) is 0 Å². The van der Waals surface area contributed by atoms with Gasteiger partial charge in [-0.05, 0) is 23.2 Å². The molecule has 0 fully saturated rings. The zero-order valence-corrected chi connectivity index (χ0v) is 14.5. The fourth-order valence-electron chi connectivity index (χ4n) is 2.12. The number of hydrogen-bond acceptors (Lipinski definition) is 1. The van der Waals surface area contributed by atoms with E-state index in [9.17, 15) is 0 Å². The molecular formula is C15H32BrN. The van der Waals surface area contributed by atoms with Crippen molar-refractivity contribution in [3.05, 3.63) is 0 Å². The molecule has 1 unspecified atom stereocenters. The Morgan fingerprint density at radius 3 is 1.53 bits per heavy atom. The van der Waals surface area contributed by atoms with Crippen LogP contribution in [0.1, 0.15) is 48.5 Å². The molecule has 0 spiro atoms. The van der Waals surface area contributed by atoms with Gasteiger partial charge >= 0.3 is 0 Å². The monoisotopic (exact) mass is 305 g/mol. The first-order valence-corrected chi connectivity index (χ1v) is 8.07. The molecule has 104 valence electrons. The van der Waals surface area contributed by atoms with Crippen LogP contribution < -0.4 is 0 Å². The minimum Gasteiger partial charge on any atom is -0.303 e. The summed E-state index contributed by atoms with van der Waals surface area (Å²) in [5.41, 5.74) is 0.385. The molecule has 0 aromatic rings. The highest BCUT2D eigenvalue weighted by atomic mass is 79.9. The molecule has 17 heavy (non-hydrogen) atoms. The highest BCUT2D eigenvalue weighted by molar-refractivity contribution is 9.09. The topological polar surface area (TPSA) is 3.24 Å². The largest absolute Gasteiger partial charge is 0.303 e. The maximum atomic E-state index is 3.69. The summed E-state index contributed by atoms with van der Waals surface area (Å²) in [4.78, 5) is 2.65. The van der Waals surface area contributed by atoms with E-state index >= 15 is 0 Å². The summed E-state index contributed by atoms with van der Waals surface area (Å²) in [5, 5.41) is 1.10. The van der Waals surface area contributed by atoms with Crippen LogP contribution in [0.4, 0.5) is 0 Å². The number of halogens is 1. The Hall–Kier alpha value is 0.440. The molecule has 0 saturated heterocycles. The molecule has 0 bridgehead atoms. The molecule has 0 rings (SSSR count). The minimum absolute atomic E-state index is 0.385. The molecular weight excluding hydrogens is 274 g/mol. The third kappa shape index (κ3) is 8.20. The van der Waals surface area contributed by atoms with E-state index in [1.165, 1.54) is 19.6 Å². The Bertz CT molecular complexity index is 184. The lowest BCUT2D eigenvalue weighted by molar-refractivity contribution is 0.141. The van der Waals surface area contributed by atoms with E-state index in [1.807, 2.05) is 0 Å². The second kappa shape index (κ2) is 7.78. The van der Waals surface area contributed by atoms with Crippen LogP contribution in [0.2, 0.25) is 0 Å². The number of alkyl halides is 1. The van der Waals surface area contributed by atoms with Crippen molar-refractivity contribution in [1.29, 1.82) is 0 Å². The van der Waals surface area contributed by atoms with Gasteiger partial charge in [0.1, 0.15) is 0 Å². The van der Waals surface area contributed by atoms with E-state index in [4.69, 9.17) is 0 Å². The van der Waals surface area contributed by atoms with Crippen molar-refractivity contribution < 1.29 is 0 Å². The molecule has 0 N–H and O–H groups in total. The first-order valence-electron chi connectivity index (χ1n) is 6.95. The number of hydrogen-bond donors (Lipinski definition) is 0. The van der Waals surface area contributed by atoms with E-state index in [1.54, 1.807) is 0 Å². The first kappa shape index (κ1) is 17.4. The summed E-state index contributed by atoms with van der Waals surface area (Å²) in [7, 11) is 0. The fraction of sp³-hybridized carbons (Fsp3) is 1.00. The molecule has 2 heteroatoms. The van der Waals surface area contributed by atoms with Gasteiger partial charge in [-0.15, -0.1) is 0 Å². The Morgan fingerprint density at radius 1 is 0.882 bits per heavy atom. The Balaban J connectivity index is 4.48. The van der Waals surface area contributed by atoms with Gasteiger partial charge < -0.3 is 4.90 Å². The van der Waals surface area contributed by atoms with E-state index in [-0.39, 0.29) is 0 Å². The quantitative estimate of drug-likeness (QED) is 0.618. The normalized spacial score (nSPS) is 15.0. The molecule has 0 aliphatic rings. The third-order valence-electron chi connectivity index (χ3n) is 3.14. The van der Waals surface area contributed by atoms with Crippen molar-refractivity contribution in [3.63, 3.8) is 0 Å². The van der Waals surface area contributed by atoms with Gasteiger partial charge in [0, 0.05) is 25.0 Å².